The third kappa shape index (κ3) is 2.28. The zero-order valence-electron chi connectivity index (χ0n) is 9.98. The second-order valence-corrected chi connectivity index (χ2v) is 4.01. The average Bonchev–Trinajstić information content (AvgIpc) is 2.48. The van der Waals surface area contributed by atoms with Gasteiger partial charge in [-0.25, -0.2) is 4.98 Å². The molecule has 0 saturated carbocycles. The molecule has 2 heterocycles. The van der Waals surface area contributed by atoms with Gasteiger partial charge in [-0.3, -0.25) is 9.78 Å². The number of pyridine rings is 2. The van der Waals surface area contributed by atoms with Gasteiger partial charge in [-0.15, -0.1) is 0 Å². The number of benzene rings is 1. The number of hydrogen-bond donors (Lipinski definition) is 0. The fraction of sp³-hybridized carbons (Fsp3) is 0. The molecule has 0 unspecified atom stereocenters. The van der Waals surface area contributed by atoms with E-state index in [1.807, 2.05) is 36.4 Å². The number of carbonyl (C=O) groups is 1. The van der Waals surface area contributed by atoms with Gasteiger partial charge in [0, 0.05) is 23.8 Å². The molecule has 2 aromatic heterocycles. The van der Waals surface area contributed by atoms with Gasteiger partial charge in [0.05, 0.1) is 5.52 Å². The number of ether oxygens (including phenoxy) is 1. The van der Waals surface area contributed by atoms with Crippen molar-refractivity contribution in [3.8, 4) is 17.0 Å². The third-order valence-electron chi connectivity index (χ3n) is 2.85. The Hall–Kier alpha value is -2.75. The second kappa shape index (κ2) is 4.86. The summed E-state index contributed by atoms with van der Waals surface area (Å²) >= 11 is 0. The number of hydrogen-bond acceptors (Lipinski definition) is 4. The van der Waals surface area contributed by atoms with E-state index in [2.05, 4.69) is 9.97 Å². The van der Waals surface area contributed by atoms with Crippen LogP contribution in [0.25, 0.3) is 22.0 Å². The summed E-state index contributed by atoms with van der Waals surface area (Å²) in [5, 5.41) is 0.993. The molecule has 0 N–H and O–H groups in total. The lowest BCUT2D eigenvalue weighted by Crippen LogP contribution is -1.92. The fourth-order valence-corrected chi connectivity index (χ4v) is 1.95. The van der Waals surface area contributed by atoms with E-state index in [0.29, 0.717) is 12.4 Å². The van der Waals surface area contributed by atoms with E-state index < -0.39 is 0 Å². The van der Waals surface area contributed by atoms with Crippen LogP contribution in [-0.4, -0.2) is 16.4 Å². The summed E-state index contributed by atoms with van der Waals surface area (Å²) in [6, 6.07) is 13.4. The molecule has 4 heteroatoms. The van der Waals surface area contributed by atoms with Crippen molar-refractivity contribution < 1.29 is 9.53 Å². The Bertz CT molecular complexity index is 727. The Balaban J connectivity index is 2.07. The van der Waals surface area contributed by atoms with E-state index in [9.17, 15) is 4.79 Å². The van der Waals surface area contributed by atoms with Crippen LogP contribution in [0.2, 0.25) is 0 Å². The maximum absolute atomic E-state index is 10.3. The molecule has 0 amide bonds. The maximum Gasteiger partial charge on any atom is 0.299 e. The molecule has 1 aromatic carbocycles. The number of aromatic nitrogens is 2. The Labute approximate surface area is 109 Å². The molecule has 3 rings (SSSR count). The van der Waals surface area contributed by atoms with Crippen LogP contribution in [0.1, 0.15) is 0 Å². The van der Waals surface area contributed by atoms with Gasteiger partial charge < -0.3 is 4.74 Å². The quantitative estimate of drug-likeness (QED) is 0.671. The van der Waals surface area contributed by atoms with E-state index >= 15 is 0 Å². The predicted molar refractivity (Wildman–Crippen MR) is 71.7 cm³/mol. The third-order valence-corrected chi connectivity index (χ3v) is 2.85. The first-order chi connectivity index (χ1) is 9.36. The molecule has 0 fully saturated rings. The highest BCUT2D eigenvalue weighted by molar-refractivity contribution is 5.84. The molecule has 19 heavy (non-hydrogen) atoms. The van der Waals surface area contributed by atoms with Gasteiger partial charge in [-0.1, -0.05) is 6.07 Å². The minimum absolute atomic E-state index is 0.305. The van der Waals surface area contributed by atoms with Crippen LogP contribution in [0.15, 0.2) is 54.9 Å². The smallest absolute Gasteiger partial charge is 0.299 e. The number of fused-ring (bicyclic) bond motifs is 1. The first kappa shape index (κ1) is 11.3. The summed E-state index contributed by atoms with van der Waals surface area (Å²) in [5.74, 6) is 0.305. The fourth-order valence-electron chi connectivity index (χ4n) is 1.95. The Morgan fingerprint density at radius 3 is 2.58 bits per heavy atom. The van der Waals surface area contributed by atoms with E-state index in [1.54, 1.807) is 18.5 Å². The highest BCUT2D eigenvalue weighted by atomic mass is 16.5. The van der Waals surface area contributed by atoms with Gasteiger partial charge in [0.15, 0.2) is 0 Å². The number of nitrogens with zero attached hydrogens (tertiary/aromatic N) is 2. The minimum Gasteiger partial charge on any atom is -0.410 e. The molecular weight excluding hydrogens is 240 g/mol. The van der Waals surface area contributed by atoms with Crippen molar-refractivity contribution in [1.82, 2.24) is 9.97 Å². The highest BCUT2D eigenvalue weighted by Crippen LogP contribution is 2.24. The first-order valence-electron chi connectivity index (χ1n) is 5.78. The van der Waals surface area contributed by atoms with E-state index in [1.165, 1.54) is 0 Å². The molecule has 0 aliphatic heterocycles. The van der Waals surface area contributed by atoms with Gasteiger partial charge in [-0.2, -0.15) is 0 Å². The standard InChI is InChI=1S/C15H10N2O2/c18-10-19-15-4-2-13-9-12(1-3-14(13)17-15)11-5-7-16-8-6-11/h1-10H. The van der Waals surface area contributed by atoms with Crippen molar-refractivity contribution in [3.63, 3.8) is 0 Å². The number of rotatable bonds is 3. The zero-order valence-corrected chi connectivity index (χ0v) is 9.98. The van der Waals surface area contributed by atoms with Crippen molar-refractivity contribution in [3.05, 3.63) is 54.9 Å². The lowest BCUT2D eigenvalue weighted by molar-refractivity contribution is -0.120. The van der Waals surface area contributed by atoms with Crippen molar-refractivity contribution in [1.29, 1.82) is 0 Å². The monoisotopic (exact) mass is 250 g/mol. The normalized spacial score (nSPS) is 10.3. The van der Waals surface area contributed by atoms with Crippen LogP contribution in [-0.2, 0) is 4.79 Å². The first-order valence-corrected chi connectivity index (χ1v) is 5.78. The van der Waals surface area contributed by atoms with Gasteiger partial charge in [-0.05, 0) is 41.5 Å². The summed E-state index contributed by atoms with van der Waals surface area (Å²) in [6.07, 6.45) is 3.53. The summed E-state index contributed by atoms with van der Waals surface area (Å²) in [7, 11) is 0. The van der Waals surface area contributed by atoms with Crippen LogP contribution in [0.3, 0.4) is 0 Å². The summed E-state index contributed by atoms with van der Waals surface area (Å²) < 4.78 is 4.73. The molecule has 0 saturated heterocycles. The SMILES string of the molecule is O=COc1ccc2cc(-c3ccncc3)ccc2n1. The summed E-state index contributed by atoms with van der Waals surface area (Å²) in [5.41, 5.74) is 2.99. The second-order valence-electron chi connectivity index (χ2n) is 4.01. The molecular formula is C15H10N2O2. The van der Waals surface area contributed by atoms with E-state index in [4.69, 9.17) is 4.74 Å². The number of carbonyl (C=O) groups excluding carboxylic acids is 1. The largest absolute Gasteiger partial charge is 0.410 e. The topological polar surface area (TPSA) is 52.1 Å². The molecule has 0 atom stereocenters. The maximum atomic E-state index is 10.3. The van der Waals surface area contributed by atoms with Gasteiger partial charge >= 0.3 is 0 Å². The lowest BCUT2D eigenvalue weighted by Gasteiger charge is -2.04. The van der Waals surface area contributed by atoms with Gasteiger partial charge in [0.1, 0.15) is 0 Å². The molecule has 92 valence electrons. The predicted octanol–water partition coefficient (Wildman–Crippen LogP) is 2.83. The van der Waals surface area contributed by atoms with Crippen molar-refractivity contribution in [2.75, 3.05) is 0 Å². The summed E-state index contributed by atoms with van der Waals surface area (Å²) in [6.45, 7) is 0.375. The molecule has 0 spiro atoms. The Morgan fingerprint density at radius 2 is 1.79 bits per heavy atom. The van der Waals surface area contributed by atoms with Crippen molar-refractivity contribution in [2.24, 2.45) is 0 Å². The molecule has 3 aromatic rings. The molecule has 0 radical (unpaired) electrons. The van der Waals surface area contributed by atoms with Crippen LogP contribution < -0.4 is 4.74 Å². The molecule has 0 bridgehead atoms. The molecule has 0 aliphatic rings. The van der Waals surface area contributed by atoms with Crippen molar-refractivity contribution >= 4 is 17.4 Å². The van der Waals surface area contributed by atoms with Crippen LogP contribution in [0, 0.1) is 0 Å². The summed E-state index contributed by atoms with van der Waals surface area (Å²) in [4.78, 5) is 18.5. The van der Waals surface area contributed by atoms with Crippen molar-refractivity contribution in [2.45, 2.75) is 0 Å². The van der Waals surface area contributed by atoms with E-state index in [0.717, 1.165) is 22.0 Å². The van der Waals surface area contributed by atoms with Gasteiger partial charge in [0.25, 0.3) is 6.47 Å². The highest BCUT2D eigenvalue weighted by Gasteiger charge is 2.02. The van der Waals surface area contributed by atoms with Crippen LogP contribution in [0.5, 0.6) is 5.88 Å². The van der Waals surface area contributed by atoms with Gasteiger partial charge in [0.2, 0.25) is 5.88 Å². The molecule has 0 aliphatic carbocycles. The van der Waals surface area contributed by atoms with E-state index in [-0.39, 0.29) is 0 Å². The Kier molecular flexibility index (Phi) is 2.90. The Morgan fingerprint density at radius 1 is 0.947 bits per heavy atom. The average molecular weight is 250 g/mol. The molecule has 4 nitrogen and oxygen atoms in total. The minimum atomic E-state index is 0.305. The van der Waals surface area contributed by atoms with Crippen LogP contribution in [0.4, 0.5) is 0 Å². The lowest BCUT2D eigenvalue weighted by atomic mass is 10.0. The van der Waals surface area contributed by atoms with Crippen LogP contribution >= 0.6 is 0 Å². The zero-order chi connectivity index (χ0) is 13.1.